The average Bonchev–Trinajstić information content (AvgIpc) is 2.60. The maximum absolute atomic E-state index is 13.5. The molecule has 1 N–H and O–H groups in total. The fraction of sp³-hybridized carbons (Fsp3) is 0.250. The number of hydrogen-bond donors (Lipinski definition) is 1. The van der Waals surface area contributed by atoms with Crippen LogP contribution in [0.5, 0.6) is 0 Å². The summed E-state index contributed by atoms with van der Waals surface area (Å²) in [5, 5.41) is 3.60. The van der Waals surface area contributed by atoms with Crippen molar-refractivity contribution in [2.75, 3.05) is 5.32 Å². The number of aryl methyl sites for hydroxylation is 1. The molecule has 1 heterocycles. The molecule has 0 unspecified atom stereocenters. The predicted octanol–water partition coefficient (Wildman–Crippen LogP) is 3.13. The van der Waals surface area contributed by atoms with Crippen molar-refractivity contribution in [3.63, 3.8) is 0 Å². The van der Waals surface area contributed by atoms with Crippen molar-refractivity contribution >= 4 is 17.3 Å². The highest BCUT2D eigenvalue weighted by Crippen LogP contribution is 2.19. The van der Waals surface area contributed by atoms with E-state index in [0.717, 1.165) is 11.4 Å². The van der Waals surface area contributed by atoms with Gasteiger partial charge >= 0.3 is 0 Å². The minimum Gasteiger partial charge on any atom is -0.375 e. The van der Waals surface area contributed by atoms with Crippen molar-refractivity contribution in [1.82, 2.24) is 9.55 Å². The summed E-state index contributed by atoms with van der Waals surface area (Å²) in [6, 6.07) is 4.98. The molecule has 0 aliphatic rings. The number of rotatable bonds is 3. The summed E-state index contributed by atoms with van der Waals surface area (Å²) in [5.41, 5.74) is 1.37. The lowest BCUT2D eigenvalue weighted by Gasteiger charge is -2.10. The molecule has 5 heteroatoms. The number of anilines is 1. The van der Waals surface area contributed by atoms with Gasteiger partial charge in [-0.2, -0.15) is 0 Å². The standard InChI is InChI=1S/C12H13ClFN3/c1-8-4-3-5-9(14)12(8)16-7-11-15-6-10(13)17(11)2/h3-6,16H,7H2,1-2H3. The van der Waals surface area contributed by atoms with Gasteiger partial charge in [0.2, 0.25) is 0 Å². The van der Waals surface area contributed by atoms with Gasteiger partial charge in [0, 0.05) is 7.05 Å². The van der Waals surface area contributed by atoms with Crippen LogP contribution in [-0.4, -0.2) is 9.55 Å². The number of nitrogens with one attached hydrogen (secondary N) is 1. The van der Waals surface area contributed by atoms with E-state index in [9.17, 15) is 4.39 Å². The van der Waals surface area contributed by atoms with E-state index < -0.39 is 0 Å². The molecule has 0 aliphatic heterocycles. The molecule has 0 fully saturated rings. The van der Waals surface area contributed by atoms with Gasteiger partial charge in [-0.1, -0.05) is 23.7 Å². The minimum absolute atomic E-state index is 0.259. The van der Waals surface area contributed by atoms with E-state index in [-0.39, 0.29) is 5.82 Å². The number of imidazole rings is 1. The third-order valence-electron chi connectivity index (χ3n) is 2.67. The number of aromatic nitrogens is 2. The van der Waals surface area contributed by atoms with E-state index in [0.29, 0.717) is 17.4 Å². The Bertz CT molecular complexity index is 516. The first-order chi connectivity index (χ1) is 8.09. The molecule has 2 rings (SSSR count). The van der Waals surface area contributed by atoms with Crippen LogP contribution in [0.2, 0.25) is 5.15 Å². The SMILES string of the molecule is Cc1cccc(F)c1NCc1ncc(Cl)n1C. The third-order valence-corrected chi connectivity index (χ3v) is 3.02. The Morgan fingerprint density at radius 1 is 1.47 bits per heavy atom. The zero-order valence-corrected chi connectivity index (χ0v) is 10.4. The molecule has 0 saturated carbocycles. The highest BCUT2D eigenvalue weighted by atomic mass is 35.5. The van der Waals surface area contributed by atoms with Crippen LogP contribution in [0.4, 0.5) is 10.1 Å². The molecule has 0 atom stereocenters. The molecule has 3 nitrogen and oxygen atoms in total. The summed E-state index contributed by atoms with van der Waals surface area (Å²) in [7, 11) is 1.82. The maximum Gasteiger partial charge on any atom is 0.146 e. The molecule has 17 heavy (non-hydrogen) atoms. The topological polar surface area (TPSA) is 29.9 Å². The van der Waals surface area contributed by atoms with Gasteiger partial charge in [0.15, 0.2) is 0 Å². The second-order valence-electron chi connectivity index (χ2n) is 3.84. The summed E-state index contributed by atoms with van der Waals surface area (Å²) in [6.07, 6.45) is 1.58. The summed E-state index contributed by atoms with van der Waals surface area (Å²) in [4.78, 5) is 4.14. The maximum atomic E-state index is 13.5. The van der Waals surface area contributed by atoms with Crippen LogP contribution in [0.3, 0.4) is 0 Å². The molecule has 1 aromatic carbocycles. The highest BCUT2D eigenvalue weighted by Gasteiger charge is 2.07. The van der Waals surface area contributed by atoms with Crippen molar-refractivity contribution in [2.24, 2.45) is 7.05 Å². The first-order valence-corrected chi connectivity index (χ1v) is 5.62. The van der Waals surface area contributed by atoms with Gasteiger partial charge in [-0.05, 0) is 18.6 Å². The van der Waals surface area contributed by atoms with Gasteiger partial charge in [0.05, 0.1) is 18.4 Å². The number of benzene rings is 1. The number of para-hydroxylation sites is 1. The number of hydrogen-bond acceptors (Lipinski definition) is 2. The van der Waals surface area contributed by atoms with Gasteiger partial charge in [-0.3, -0.25) is 0 Å². The molecule has 90 valence electrons. The Kier molecular flexibility index (Phi) is 3.33. The molecular weight excluding hydrogens is 241 g/mol. The molecule has 0 bridgehead atoms. The average molecular weight is 254 g/mol. The minimum atomic E-state index is -0.259. The second-order valence-corrected chi connectivity index (χ2v) is 4.23. The van der Waals surface area contributed by atoms with E-state index in [1.807, 2.05) is 20.0 Å². The van der Waals surface area contributed by atoms with Crippen LogP contribution in [0.15, 0.2) is 24.4 Å². The van der Waals surface area contributed by atoms with Crippen molar-refractivity contribution in [3.05, 3.63) is 46.8 Å². The monoisotopic (exact) mass is 253 g/mol. The third kappa shape index (κ3) is 2.42. The first kappa shape index (κ1) is 11.9. The smallest absolute Gasteiger partial charge is 0.146 e. The Balaban J connectivity index is 2.15. The van der Waals surface area contributed by atoms with Crippen molar-refractivity contribution in [1.29, 1.82) is 0 Å². The molecule has 0 amide bonds. The molecule has 0 aliphatic carbocycles. The van der Waals surface area contributed by atoms with Crippen LogP contribution in [0.1, 0.15) is 11.4 Å². The summed E-state index contributed by atoms with van der Waals surface area (Å²) in [5.74, 6) is 0.503. The Hall–Kier alpha value is -1.55. The summed E-state index contributed by atoms with van der Waals surface area (Å²) < 4.78 is 15.3. The second kappa shape index (κ2) is 4.75. The lowest BCUT2D eigenvalue weighted by molar-refractivity contribution is 0.628. The summed E-state index contributed by atoms with van der Waals surface area (Å²) >= 11 is 5.87. The van der Waals surface area contributed by atoms with Crippen molar-refractivity contribution in [2.45, 2.75) is 13.5 Å². The van der Waals surface area contributed by atoms with Gasteiger partial charge in [0.1, 0.15) is 16.8 Å². The van der Waals surface area contributed by atoms with Crippen LogP contribution >= 0.6 is 11.6 Å². The van der Waals surface area contributed by atoms with E-state index in [4.69, 9.17) is 11.6 Å². The van der Waals surface area contributed by atoms with Gasteiger partial charge < -0.3 is 9.88 Å². The predicted molar refractivity (Wildman–Crippen MR) is 66.7 cm³/mol. The number of nitrogens with zero attached hydrogens (tertiary/aromatic N) is 2. The fourth-order valence-electron chi connectivity index (χ4n) is 1.61. The highest BCUT2D eigenvalue weighted by molar-refractivity contribution is 6.29. The Morgan fingerprint density at radius 3 is 2.82 bits per heavy atom. The quantitative estimate of drug-likeness (QED) is 0.911. The first-order valence-electron chi connectivity index (χ1n) is 5.24. The lowest BCUT2D eigenvalue weighted by Crippen LogP contribution is -2.08. The van der Waals surface area contributed by atoms with Gasteiger partial charge in [-0.25, -0.2) is 9.37 Å². The molecule has 0 radical (unpaired) electrons. The van der Waals surface area contributed by atoms with Crippen molar-refractivity contribution < 1.29 is 4.39 Å². The van der Waals surface area contributed by atoms with Crippen LogP contribution in [-0.2, 0) is 13.6 Å². The van der Waals surface area contributed by atoms with Crippen LogP contribution in [0, 0.1) is 12.7 Å². The molecule has 0 saturated heterocycles. The fourth-order valence-corrected chi connectivity index (χ4v) is 1.76. The molecule has 2 aromatic rings. The van der Waals surface area contributed by atoms with Gasteiger partial charge in [-0.15, -0.1) is 0 Å². The Morgan fingerprint density at radius 2 is 2.24 bits per heavy atom. The zero-order valence-electron chi connectivity index (χ0n) is 9.67. The van der Waals surface area contributed by atoms with E-state index in [2.05, 4.69) is 10.3 Å². The molecule has 0 spiro atoms. The van der Waals surface area contributed by atoms with Crippen LogP contribution in [0.25, 0.3) is 0 Å². The summed E-state index contributed by atoms with van der Waals surface area (Å²) in [6.45, 7) is 2.29. The number of halogens is 2. The largest absolute Gasteiger partial charge is 0.375 e. The van der Waals surface area contributed by atoms with Crippen LogP contribution < -0.4 is 5.32 Å². The van der Waals surface area contributed by atoms with Crippen molar-refractivity contribution in [3.8, 4) is 0 Å². The van der Waals surface area contributed by atoms with E-state index in [1.54, 1.807) is 16.8 Å². The van der Waals surface area contributed by atoms with E-state index >= 15 is 0 Å². The zero-order chi connectivity index (χ0) is 12.4. The van der Waals surface area contributed by atoms with Gasteiger partial charge in [0.25, 0.3) is 0 Å². The normalized spacial score (nSPS) is 10.6. The molecule has 1 aromatic heterocycles. The lowest BCUT2D eigenvalue weighted by atomic mass is 10.2. The Labute approximate surface area is 104 Å². The van der Waals surface area contributed by atoms with E-state index in [1.165, 1.54) is 6.07 Å². The molecular formula is C12H13ClFN3.